The van der Waals surface area contributed by atoms with Gasteiger partial charge in [-0.15, -0.1) is 11.8 Å². The van der Waals surface area contributed by atoms with E-state index in [1.807, 2.05) is 31.2 Å². The number of hydrogen-bond acceptors (Lipinski definition) is 1. The standard InChI is InChI=1S/C11H11IO/c1-2-3-4-8-13-11-7-5-6-10(12)9-11/h5-7,9H,4,8H2,1H3. The lowest BCUT2D eigenvalue weighted by molar-refractivity contribution is 0.327. The summed E-state index contributed by atoms with van der Waals surface area (Å²) in [7, 11) is 0. The van der Waals surface area contributed by atoms with Crippen LogP contribution in [0.4, 0.5) is 0 Å². The second-order valence-electron chi connectivity index (χ2n) is 2.48. The fourth-order valence-electron chi connectivity index (χ4n) is 0.902. The Hall–Kier alpha value is -0.690. The van der Waals surface area contributed by atoms with E-state index in [1.165, 1.54) is 3.57 Å². The smallest absolute Gasteiger partial charge is 0.120 e. The molecule has 1 aromatic carbocycles. The molecule has 0 N–H and O–H groups in total. The number of ether oxygens (including phenoxy) is 1. The molecule has 0 spiro atoms. The summed E-state index contributed by atoms with van der Waals surface area (Å²) in [6, 6.07) is 8.00. The van der Waals surface area contributed by atoms with E-state index in [1.54, 1.807) is 0 Å². The molecule has 0 aromatic heterocycles. The summed E-state index contributed by atoms with van der Waals surface area (Å²) in [5.74, 6) is 6.71. The van der Waals surface area contributed by atoms with Crippen molar-refractivity contribution in [2.75, 3.05) is 6.61 Å². The lowest BCUT2D eigenvalue weighted by atomic mass is 10.3. The number of rotatable bonds is 3. The van der Waals surface area contributed by atoms with Crippen LogP contribution in [-0.4, -0.2) is 6.61 Å². The minimum Gasteiger partial charge on any atom is -0.493 e. The zero-order valence-electron chi connectivity index (χ0n) is 7.51. The van der Waals surface area contributed by atoms with Gasteiger partial charge in [0.05, 0.1) is 6.61 Å². The third kappa shape index (κ3) is 4.18. The Kier molecular flexibility index (Phi) is 4.69. The van der Waals surface area contributed by atoms with Crippen molar-refractivity contribution in [2.24, 2.45) is 0 Å². The molecule has 2 heteroatoms. The van der Waals surface area contributed by atoms with Gasteiger partial charge in [0, 0.05) is 9.99 Å². The highest BCUT2D eigenvalue weighted by Gasteiger charge is 1.92. The molecule has 68 valence electrons. The summed E-state index contributed by atoms with van der Waals surface area (Å²) in [4.78, 5) is 0. The Labute approximate surface area is 92.6 Å². The molecular formula is C11H11IO. The Morgan fingerprint density at radius 3 is 3.00 bits per heavy atom. The van der Waals surface area contributed by atoms with Gasteiger partial charge < -0.3 is 4.74 Å². The summed E-state index contributed by atoms with van der Waals surface area (Å²) in [5.41, 5.74) is 0. The first-order valence-corrected chi connectivity index (χ1v) is 5.19. The maximum absolute atomic E-state index is 5.48. The molecule has 0 aliphatic rings. The predicted molar refractivity (Wildman–Crippen MR) is 62.7 cm³/mol. The lowest BCUT2D eigenvalue weighted by Gasteiger charge is -2.03. The van der Waals surface area contributed by atoms with E-state index >= 15 is 0 Å². The fourth-order valence-corrected chi connectivity index (χ4v) is 1.42. The van der Waals surface area contributed by atoms with Crippen molar-refractivity contribution in [3.05, 3.63) is 27.8 Å². The van der Waals surface area contributed by atoms with E-state index < -0.39 is 0 Å². The van der Waals surface area contributed by atoms with Crippen LogP contribution in [0.1, 0.15) is 13.3 Å². The van der Waals surface area contributed by atoms with Gasteiger partial charge in [0.1, 0.15) is 5.75 Å². The van der Waals surface area contributed by atoms with Crippen molar-refractivity contribution in [3.63, 3.8) is 0 Å². The second kappa shape index (κ2) is 5.87. The van der Waals surface area contributed by atoms with Crippen molar-refractivity contribution in [2.45, 2.75) is 13.3 Å². The van der Waals surface area contributed by atoms with Crippen LogP contribution in [0, 0.1) is 15.4 Å². The predicted octanol–water partition coefficient (Wildman–Crippen LogP) is 3.08. The maximum Gasteiger partial charge on any atom is 0.120 e. The summed E-state index contributed by atoms with van der Waals surface area (Å²) in [6.07, 6.45) is 0.794. The van der Waals surface area contributed by atoms with Crippen molar-refractivity contribution in [3.8, 4) is 17.6 Å². The highest BCUT2D eigenvalue weighted by atomic mass is 127. The zero-order chi connectivity index (χ0) is 9.52. The van der Waals surface area contributed by atoms with Crippen LogP contribution in [0.15, 0.2) is 24.3 Å². The average molecular weight is 286 g/mol. The topological polar surface area (TPSA) is 9.23 Å². The summed E-state index contributed by atoms with van der Waals surface area (Å²) in [5, 5.41) is 0. The highest BCUT2D eigenvalue weighted by molar-refractivity contribution is 14.1. The SMILES string of the molecule is CC#CCCOc1cccc(I)c1. The molecule has 0 radical (unpaired) electrons. The normalized spacial score (nSPS) is 8.77. The molecule has 0 aliphatic heterocycles. The van der Waals surface area contributed by atoms with Gasteiger partial charge in [0.15, 0.2) is 0 Å². The Bertz CT molecular complexity index is 322. The highest BCUT2D eigenvalue weighted by Crippen LogP contribution is 2.14. The minimum atomic E-state index is 0.668. The maximum atomic E-state index is 5.48. The number of hydrogen-bond donors (Lipinski definition) is 0. The van der Waals surface area contributed by atoms with Crippen LogP contribution >= 0.6 is 22.6 Å². The van der Waals surface area contributed by atoms with Gasteiger partial charge in [-0.3, -0.25) is 0 Å². The van der Waals surface area contributed by atoms with Crippen LogP contribution < -0.4 is 4.74 Å². The fraction of sp³-hybridized carbons (Fsp3) is 0.273. The average Bonchev–Trinajstić information content (AvgIpc) is 2.13. The molecule has 13 heavy (non-hydrogen) atoms. The molecular weight excluding hydrogens is 275 g/mol. The van der Waals surface area contributed by atoms with Gasteiger partial charge in [0.2, 0.25) is 0 Å². The molecule has 0 amide bonds. The second-order valence-corrected chi connectivity index (χ2v) is 3.73. The van der Waals surface area contributed by atoms with Gasteiger partial charge in [-0.2, -0.15) is 0 Å². The van der Waals surface area contributed by atoms with E-state index in [2.05, 4.69) is 34.4 Å². The first-order chi connectivity index (χ1) is 6.33. The first-order valence-electron chi connectivity index (χ1n) is 4.11. The van der Waals surface area contributed by atoms with Gasteiger partial charge >= 0.3 is 0 Å². The first kappa shape index (κ1) is 10.4. The molecule has 1 rings (SSSR count). The molecule has 0 aliphatic carbocycles. The third-order valence-electron chi connectivity index (χ3n) is 1.47. The van der Waals surface area contributed by atoms with Crippen LogP contribution in [-0.2, 0) is 0 Å². The Morgan fingerprint density at radius 1 is 1.46 bits per heavy atom. The molecule has 0 saturated heterocycles. The van der Waals surface area contributed by atoms with Crippen molar-refractivity contribution >= 4 is 22.6 Å². The number of benzene rings is 1. The molecule has 1 nitrogen and oxygen atoms in total. The minimum absolute atomic E-state index is 0.668. The van der Waals surface area contributed by atoms with Crippen LogP contribution in [0.2, 0.25) is 0 Å². The number of halogens is 1. The van der Waals surface area contributed by atoms with E-state index in [0.29, 0.717) is 6.61 Å². The van der Waals surface area contributed by atoms with E-state index in [9.17, 15) is 0 Å². The Balaban J connectivity index is 2.39. The molecule has 0 atom stereocenters. The monoisotopic (exact) mass is 286 g/mol. The van der Waals surface area contributed by atoms with Crippen molar-refractivity contribution < 1.29 is 4.74 Å². The van der Waals surface area contributed by atoms with E-state index in [4.69, 9.17) is 4.74 Å². The van der Waals surface area contributed by atoms with Gasteiger partial charge in [0.25, 0.3) is 0 Å². The Morgan fingerprint density at radius 2 is 2.31 bits per heavy atom. The van der Waals surface area contributed by atoms with E-state index in [-0.39, 0.29) is 0 Å². The van der Waals surface area contributed by atoms with Crippen LogP contribution in [0.25, 0.3) is 0 Å². The van der Waals surface area contributed by atoms with Gasteiger partial charge in [-0.1, -0.05) is 6.07 Å². The summed E-state index contributed by atoms with van der Waals surface area (Å²) < 4.78 is 6.67. The van der Waals surface area contributed by atoms with Crippen LogP contribution in [0.3, 0.4) is 0 Å². The van der Waals surface area contributed by atoms with Gasteiger partial charge in [-0.25, -0.2) is 0 Å². The van der Waals surface area contributed by atoms with Gasteiger partial charge in [-0.05, 0) is 47.7 Å². The molecule has 0 heterocycles. The quantitative estimate of drug-likeness (QED) is 0.471. The zero-order valence-corrected chi connectivity index (χ0v) is 9.67. The van der Waals surface area contributed by atoms with E-state index in [0.717, 1.165) is 12.2 Å². The third-order valence-corrected chi connectivity index (χ3v) is 2.14. The molecule has 0 unspecified atom stereocenters. The summed E-state index contributed by atoms with van der Waals surface area (Å²) in [6.45, 7) is 2.51. The molecule has 0 bridgehead atoms. The van der Waals surface area contributed by atoms with Crippen molar-refractivity contribution in [1.29, 1.82) is 0 Å². The largest absolute Gasteiger partial charge is 0.493 e. The van der Waals surface area contributed by atoms with Crippen molar-refractivity contribution in [1.82, 2.24) is 0 Å². The molecule has 0 fully saturated rings. The lowest BCUT2D eigenvalue weighted by Crippen LogP contribution is -1.95. The molecule has 0 saturated carbocycles. The molecule has 1 aromatic rings. The summed E-state index contributed by atoms with van der Waals surface area (Å²) >= 11 is 2.27. The van der Waals surface area contributed by atoms with Crippen LogP contribution in [0.5, 0.6) is 5.75 Å².